The van der Waals surface area contributed by atoms with E-state index in [4.69, 9.17) is 5.73 Å². The van der Waals surface area contributed by atoms with Crippen molar-refractivity contribution in [2.24, 2.45) is 11.7 Å². The van der Waals surface area contributed by atoms with Gasteiger partial charge >= 0.3 is 0 Å². The predicted octanol–water partition coefficient (Wildman–Crippen LogP) is 2.12. The second kappa shape index (κ2) is 7.24. The summed E-state index contributed by atoms with van der Waals surface area (Å²) >= 11 is 0. The van der Waals surface area contributed by atoms with Crippen LogP contribution >= 0.6 is 0 Å². The molecule has 0 bridgehead atoms. The zero-order valence-electron chi connectivity index (χ0n) is 11.9. The Hall–Kier alpha value is -1.42. The van der Waals surface area contributed by atoms with Gasteiger partial charge in [0, 0.05) is 19.6 Å². The first kappa shape index (κ1) is 15.6. The smallest absolute Gasteiger partial charge is 0.227 e. The van der Waals surface area contributed by atoms with E-state index in [0.717, 1.165) is 5.56 Å². The number of nitrogens with zero attached hydrogens (tertiary/aromatic N) is 1. The van der Waals surface area contributed by atoms with Crippen molar-refractivity contribution < 1.29 is 9.18 Å². The van der Waals surface area contributed by atoms with Gasteiger partial charge in [-0.1, -0.05) is 12.1 Å². The third kappa shape index (κ3) is 4.03. The molecule has 0 aromatic heterocycles. The molecule has 0 heterocycles. The molecule has 1 amide bonds. The number of hydrogen-bond acceptors (Lipinski definition) is 2. The zero-order valence-corrected chi connectivity index (χ0v) is 11.9. The molecule has 0 aliphatic rings. The maximum Gasteiger partial charge on any atom is 0.227 e. The van der Waals surface area contributed by atoms with Crippen LogP contribution in [0, 0.1) is 18.7 Å². The van der Waals surface area contributed by atoms with Gasteiger partial charge in [-0.15, -0.1) is 0 Å². The number of rotatable bonds is 6. The van der Waals surface area contributed by atoms with Crippen molar-refractivity contribution >= 4 is 5.91 Å². The number of amides is 1. The van der Waals surface area contributed by atoms with E-state index in [1.54, 1.807) is 17.9 Å². The molecule has 1 aromatic rings. The molecule has 106 valence electrons. The minimum atomic E-state index is -0.276. The number of carbonyl (C=O) groups excluding carboxylic acids is 1. The largest absolute Gasteiger partial charge is 0.343 e. The molecule has 19 heavy (non-hydrogen) atoms. The first-order valence-electron chi connectivity index (χ1n) is 6.77. The molecule has 1 unspecified atom stereocenters. The summed E-state index contributed by atoms with van der Waals surface area (Å²) in [6.45, 7) is 7.24. The summed E-state index contributed by atoms with van der Waals surface area (Å²) in [7, 11) is 0. The highest BCUT2D eigenvalue weighted by Gasteiger charge is 2.21. The third-order valence-corrected chi connectivity index (χ3v) is 3.43. The average Bonchev–Trinajstić information content (AvgIpc) is 2.41. The molecule has 2 N–H and O–H groups in total. The number of aryl methyl sites for hydroxylation is 1. The van der Waals surface area contributed by atoms with Crippen molar-refractivity contribution in [2.75, 3.05) is 19.6 Å². The Morgan fingerprint density at radius 2 is 2.00 bits per heavy atom. The second-order valence-electron chi connectivity index (χ2n) is 4.73. The Morgan fingerprint density at radius 1 is 1.37 bits per heavy atom. The summed E-state index contributed by atoms with van der Waals surface area (Å²) in [5.74, 6) is -0.459. The third-order valence-electron chi connectivity index (χ3n) is 3.43. The molecule has 0 aliphatic heterocycles. The molecule has 1 aromatic carbocycles. The van der Waals surface area contributed by atoms with Gasteiger partial charge in [-0.05, 0) is 44.4 Å². The Morgan fingerprint density at radius 3 is 2.47 bits per heavy atom. The van der Waals surface area contributed by atoms with Crippen LogP contribution in [0.15, 0.2) is 18.2 Å². The fraction of sp³-hybridized carbons (Fsp3) is 0.533. The Balaban J connectivity index is 2.81. The summed E-state index contributed by atoms with van der Waals surface area (Å²) in [6, 6.07) is 5.09. The Bertz CT molecular complexity index is 430. The van der Waals surface area contributed by atoms with E-state index < -0.39 is 0 Å². The number of halogens is 1. The monoisotopic (exact) mass is 266 g/mol. The van der Waals surface area contributed by atoms with Crippen molar-refractivity contribution in [3.63, 3.8) is 0 Å². The molecule has 0 saturated heterocycles. The van der Waals surface area contributed by atoms with E-state index in [0.29, 0.717) is 25.1 Å². The van der Waals surface area contributed by atoms with E-state index in [1.807, 2.05) is 19.9 Å². The van der Waals surface area contributed by atoms with E-state index in [1.165, 1.54) is 6.07 Å². The maximum atomic E-state index is 13.5. The van der Waals surface area contributed by atoms with Crippen molar-refractivity contribution in [2.45, 2.75) is 27.2 Å². The standard InChI is InChI=1S/C15H23FN2O/c1-4-18(5-2)15(19)13(10-17)8-12-7-6-11(3)14(16)9-12/h6-7,9,13H,4-5,8,10,17H2,1-3H3. The lowest BCUT2D eigenvalue weighted by Gasteiger charge is -2.24. The minimum absolute atomic E-state index is 0.0495. The van der Waals surface area contributed by atoms with E-state index >= 15 is 0 Å². The molecule has 0 spiro atoms. The Kier molecular flexibility index (Phi) is 5.96. The number of hydrogen-bond donors (Lipinski definition) is 1. The summed E-state index contributed by atoms with van der Waals surface area (Å²) in [6.07, 6.45) is 0.489. The van der Waals surface area contributed by atoms with Gasteiger partial charge in [0.2, 0.25) is 5.91 Å². The van der Waals surface area contributed by atoms with Crippen LogP contribution in [0.3, 0.4) is 0 Å². The molecule has 1 atom stereocenters. The highest BCUT2D eigenvalue weighted by Crippen LogP contribution is 2.15. The van der Waals surface area contributed by atoms with Gasteiger partial charge in [-0.2, -0.15) is 0 Å². The molecular weight excluding hydrogens is 243 g/mol. The Labute approximate surface area is 114 Å². The van der Waals surface area contributed by atoms with E-state index in [2.05, 4.69) is 0 Å². The second-order valence-corrected chi connectivity index (χ2v) is 4.73. The van der Waals surface area contributed by atoms with Gasteiger partial charge in [0.25, 0.3) is 0 Å². The van der Waals surface area contributed by atoms with Crippen LogP contribution in [0.1, 0.15) is 25.0 Å². The zero-order chi connectivity index (χ0) is 14.4. The highest BCUT2D eigenvalue weighted by molar-refractivity contribution is 5.79. The van der Waals surface area contributed by atoms with Crippen LogP contribution in [0.25, 0.3) is 0 Å². The molecule has 0 saturated carbocycles. The summed E-state index contributed by atoms with van der Waals surface area (Å²) < 4.78 is 13.5. The van der Waals surface area contributed by atoms with Crippen molar-refractivity contribution in [3.05, 3.63) is 35.1 Å². The van der Waals surface area contributed by atoms with Crippen molar-refractivity contribution in [3.8, 4) is 0 Å². The minimum Gasteiger partial charge on any atom is -0.343 e. The number of nitrogens with two attached hydrogens (primary N) is 1. The van der Waals surface area contributed by atoms with Crippen LogP contribution < -0.4 is 5.73 Å². The normalized spacial score (nSPS) is 12.3. The fourth-order valence-electron chi connectivity index (χ4n) is 2.11. The van der Waals surface area contributed by atoms with Gasteiger partial charge in [-0.3, -0.25) is 4.79 Å². The number of benzene rings is 1. The van der Waals surface area contributed by atoms with E-state index in [9.17, 15) is 9.18 Å². The van der Waals surface area contributed by atoms with Crippen molar-refractivity contribution in [1.29, 1.82) is 0 Å². The molecule has 4 heteroatoms. The summed E-state index contributed by atoms with van der Waals surface area (Å²) in [5, 5.41) is 0. The molecule has 0 fully saturated rings. The quantitative estimate of drug-likeness (QED) is 0.857. The van der Waals surface area contributed by atoms with Crippen LogP contribution in [-0.2, 0) is 11.2 Å². The SMILES string of the molecule is CCN(CC)C(=O)C(CN)Cc1ccc(C)c(F)c1. The topological polar surface area (TPSA) is 46.3 Å². The van der Waals surface area contributed by atoms with Gasteiger partial charge in [0.15, 0.2) is 0 Å². The highest BCUT2D eigenvalue weighted by atomic mass is 19.1. The van der Waals surface area contributed by atoms with Crippen LogP contribution in [-0.4, -0.2) is 30.4 Å². The predicted molar refractivity (Wildman–Crippen MR) is 75.3 cm³/mol. The van der Waals surface area contributed by atoms with Crippen LogP contribution in [0.4, 0.5) is 4.39 Å². The fourth-order valence-corrected chi connectivity index (χ4v) is 2.11. The molecule has 3 nitrogen and oxygen atoms in total. The first-order valence-corrected chi connectivity index (χ1v) is 6.77. The van der Waals surface area contributed by atoms with Gasteiger partial charge < -0.3 is 10.6 Å². The van der Waals surface area contributed by atoms with Crippen LogP contribution in [0.2, 0.25) is 0 Å². The van der Waals surface area contributed by atoms with E-state index in [-0.39, 0.29) is 24.2 Å². The lowest BCUT2D eigenvalue weighted by Crippen LogP contribution is -2.39. The van der Waals surface area contributed by atoms with Gasteiger partial charge in [0.1, 0.15) is 5.82 Å². The molecular formula is C15H23FN2O. The average molecular weight is 266 g/mol. The lowest BCUT2D eigenvalue weighted by atomic mass is 9.97. The molecule has 0 radical (unpaired) electrons. The maximum absolute atomic E-state index is 13.5. The van der Waals surface area contributed by atoms with Gasteiger partial charge in [0.05, 0.1) is 5.92 Å². The summed E-state index contributed by atoms with van der Waals surface area (Å²) in [4.78, 5) is 14.0. The van der Waals surface area contributed by atoms with Crippen LogP contribution in [0.5, 0.6) is 0 Å². The number of carbonyl (C=O) groups is 1. The molecule has 0 aliphatic carbocycles. The molecule has 1 rings (SSSR count). The first-order chi connectivity index (χ1) is 9.03. The van der Waals surface area contributed by atoms with Crippen molar-refractivity contribution in [1.82, 2.24) is 4.90 Å². The van der Waals surface area contributed by atoms with Gasteiger partial charge in [-0.25, -0.2) is 4.39 Å². The lowest BCUT2D eigenvalue weighted by molar-refractivity contribution is -0.134. The summed E-state index contributed by atoms with van der Waals surface area (Å²) in [5.41, 5.74) is 7.13.